The highest BCUT2D eigenvalue weighted by atomic mass is 16.2. The zero-order chi connectivity index (χ0) is 17.9. The van der Waals surface area contributed by atoms with Crippen LogP contribution in [0.2, 0.25) is 0 Å². The van der Waals surface area contributed by atoms with Crippen molar-refractivity contribution in [1.82, 2.24) is 0 Å². The molecule has 1 N–H and O–H groups in total. The van der Waals surface area contributed by atoms with Gasteiger partial charge in [-0.05, 0) is 25.7 Å². The van der Waals surface area contributed by atoms with Gasteiger partial charge in [0.2, 0.25) is 0 Å². The minimum atomic E-state index is 0.346. The maximum Gasteiger partial charge on any atom is 0.0783 e. The number of rotatable bonds is 19. The molecule has 0 amide bonds. The smallest absolute Gasteiger partial charge is 0.0783 e. The zero-order valence-corrected chi connectivity index (χ0v) is 17.3. The molecule has 0 bridgehead atoms. The molecule has 0 atom stereocenters. The van der Waals surface area contributed by atoms with Gasteiger partial charge in [-0.15, -0.1) is 0 Å². The molecule has 0 saturated carbocycles. The lowest BCUT2D eigenvalue weighted by Gasteiger charge is -2.29. The van der Waals surface area contributed by atoms with Crippen LogP contribution in [-0.2, 0) is 0 Å². The SMILES string of the molecule is CCCCCCCCCCCCCCCC[N+](C)(C)CCCCO. The Kier molecular flexibility index (Phi) is 17.7. The summed E-state index contributed by atoms with van der Waals surface area (Å²) in [4.78, 5) is 0. The largest absolute Gasteiger partial charge is 0.396 e. The Morgan fingerprint density at radius 1 is 0.500 bits per heavy atom. The summed E-state index contributed by atoms with van der Waals surface area (Å²) >= 11 is 0. The maximum absolute atomic E-state index is 8.86. The molecule has 0 aromatic heterocycles. The van der Waals surface area contributed by atoms with Crippen molar-refractivity contribution < 1.29 is 9.59 Å². The number of unbranched alkanes of at least 4 members (excludes halogenated alkanes) is 14. The lowest BCUT2D eigenvalue weighted by Crippen LogP contribution is -2.41. The van der Waals surface area contributed by atoms with Crippen LogP contribution in [0.1, 0.15) is 110 Å². The first-order valence-corrected chi connectivity index (χ1v) is 11.1. The van der Waals surface area contributed by atoms with Crippen LogP contribution < -0.4 is 0 Å². The van der Waals surface area contributed by atoms with Crippen LogP contribution >= 0.6 is 0 Å². The molecule has 0 aromatic rings. The van der Waals surface area contributed by atoms with Gasteiger partial charge < -0.3 is 9.59 Å². The van der Waals surface area contributed by atoms with Crippen LogP contribution in [0.4, 0.5) is 0 Å². The highest BCUT2D eigenvalue weighted by Crippen LogP contribution is 2.13. The molecule has 0 spiro atoms. The van der Waals surface area contributed by atoms with Crippen molar-refractivity contribution in [2.45, 2.75) is 110 Å². The van der Waals surface area contributed by atoms with Crippen LogP contribution in [0, 0.1) is 0 Å². The first-order valence-electron chi connectivity index (χ1n) is 11.1. The molecule has 146 valence electrons. The van der Waals surface area contributed by atoms with Gasteiger partial charge in [0.1, 0.15) is 0 Å². The molecular formula is C22H48NO+. The lowest BCUT2D eigenvalue weighted by atomic mass is 10.0. The fraction of sp³-hybridized carbons (Fsp3) is 1.00. The summed E-state index contributed by atoms with van der Waals surface area (Å²) in [6.45, 7) is 5.14. The average molecular weight is 343 g/mol. The van der Waals surface area contributed by atoms with Crippen molar-refractivity contribution in [3.05, 3.63) is 0 Å². The van der Waals surface area contributed by atoms with E-state index in [9.17, 15) is 0 Å². The predicted octanol–water partition coefficient (Wildman–Crippen LogP) is 6.32. The molecule has 0 aliphatic carbocycles. The van der Waals surface area contributed by atoms with Crippen molar-refractivity contribution in [2.24, 2.45) is 0 Å². The van der Waals surface area contributed by atoms with E-state index in [1.165, 1.54) is 103 Å². The van der Waals surface area contributed by atoms with E-state index >= 15 is 0 Å². The zero-order valence-electron chi connectivity index (χ0n) is 17.3. The molecule has 0 aliphatic rings. The summed E-state index contributed by atoms with van der Waals surface area (Å²) < 4.78 is 1.12. The Morgan fingerprint density at radius 2 is 0.833 bits per heavy atom. The van der Waals surface area contributed by atoms with Gasteiger partial charge in [0, 0.05) is 6.61 Å². The topological polar surface area (TPSA) is 20.2 Å². The summed E-state index contributed by atoms with van der Waals surface area (Å²) in [7, 11) is 4.67. The Morgan fingerprint density at radius 3 is 1.21 bits per heavy atom. The van der Waals surface area contributed by atoms with Crippen LogP contribution in [0.5, 0.6) is 0 Å². The van der Waals surface area contributed by atoms with Crippen LogP contribution in [0.3, 0.4) is 0 Å². The molecular weight excluding hydrogens is 294 g/mol. The molecule has 0 fully saturated rings. The Hall–Kier alpha value is -0.0800. The minimum absolute atomic E-state index is 0.346. The summed E-state index contributed by atoms with van der Waals surface area (Å²) in [6, 6.07) is 0. The van der Waals surface area contributed by atoms with Crippen molar-refractivity contribution in [3.8, 4) is 0 Å². The van der Waals surface area contributed by atoms with Crippen molar-refractivity contribution in [3.63, 3.8) is 0 Å². The van der Waals surface area contributed by atoms with E-state index < -0.39 is 0 Å². The van der Waals surface area contributed by atoms with Gasteiger partial charge in [-0.25, -0.2) is 0 Å². The molecule has 0 saturated heterocycles. The second-order valence-electron chi connectivity index (χ2n) is 8.41. The normalized spacial score (nSPS) is 12.0. The summed E-state index contributed by atoms with van der Waals surface area (Å²) in [5.41, 5.74) is 0. The second-order valence-corrected chi connectivity index (χ2v) is 8.41. The van der Waals surface area contributed by atoms with Gasteiger partial charge in [0.15, 0.2) is 0 Å². The second kappa shape index (κ2) is 17.7. The third-order valence-corrected chi connectivity index (χ3v) is 5.29. The fourth-order valence-electron chi connectivity index (χ4n) is 3.50. The number of nitrogens with zero attached hydrogens (tertiary/aromatic N) is 1. The van der Waals surface area contributed by atoms with E-state index in [2.05, 4.69) is 21.0 Å². The van der Waals surface area contributed by atoms with E-state index in [4.69, 9.17) is 5.11 Å². The molecule has 0 rings (SSSR count). The molecule has 0 heterocycles. The number of hydrogen-bond acceptors (Lipinski definition) is 1. The molecule has 0 aromatic carbocycles. The molecule has 24 heavy (non-hydrogen) atoms. The lowest BCUT2D eigenvalue weighted by molar-refractivity contribution is -0.890. The number of quaternary nitrogens is 1. The van der Waals surface area contributed by atoms with Crippen LogP contribution in [0.15, 0.2) is 0 Å². The first kappa shape index (κ1) is 23.9. The Labute approximate surface area is 153 Å². The van der Waals surface area contributed by atoms with E-state index in [1.807, 2.05) is 0 Å². The highest BCUT2D eigenvalue weighted by Gasteiger charge is 2.13. The van der Waals surface area contributed by atoms with Crippen molar-refractivity contribution in [1.29, 1.82) is 0 Å². The van der Waals surface area contributed by atoms with Crippen LogP contribution in [-0.4, -0.2) is 43.4 Å². The van der Waals surface area contributed by atoms with Gasteiger partial charge >= 0.3 is 0 Å². The Bertz CT molecular complexity index is 240. The van der Waals surface area contributed by atoms with E-state index in [0.29, 0.717) is 6.61 Å². The predicted molar refractivity (Wildman–Crippen MR) is 108 cm³/mol. The van der Waals surface area contributed by atoms with E-state index in [-0.39, 0.29) is 0 Å². The number of hydrogen-bond donors (Lipinski definition) is 1. The maximum atomic E-state index is 8.86. The molecule has 0 aliphatic heterocycles. The van der Waals surface area contributed by atoms with Crippen LogP contribution in [0.25, 0.3) is 0 Å². The van der Waals surface area contributed by atoms with Gasteiger partial charge in [-0.2, -0.15) is 0 Å². The van der Waals surface area contributed by atoms with Gasteiger partial charge in [0.05, 0.1) is 27.2 Å². The molecule has 0 radical (unpaired) electrons. The van der Waals surface area contributed by atoms with E-state index in [0.717, 1.165) is 17.3 Å². The molecule has 2 nitrogen and oxygen atoms in total. The van der Waals surface area contributed by atoms with Gasteiger partial charge in [-0.3, -0.25) is 0 Å². The average Bonchev–Trinajstić information content (AvgIpc) is 2.55. The Balaban J connectivity index is 3.19. The van der Waals surface area contributed by atoms with Gasteiger partial charge in [-0.1, -0.05) is 84.0 Å². The summed E-state index contributed by atoms with van der Waals surface area (Å²) in [5.74, 6) is 0. The minimum Gasteiger partial charge on any atom is -0.396 e. The van der Waals surface area contributed by atoms with Crippen molar-refractivity contribution >= 4 is 0 Å². The number of aliphatic hydroxyl groups is 1. The third kappa shape index (κ3) is 18.3. The summed E-state index contributed by atoms with van der Waals surface area (Å²) in [5, 5.41) is 8.86. The molecule has 2 heteroatoms. The van der Waals surface area contributed by atoms with Crippen molar-refractivity contribution in [2.75, 3.05) is 33.8 Å². The van der Waals surface area contributed by atoms with E-state index in [1.54, 1.807) is 0 Å². The highest BCUT2D eigenvalue weighted by molar-refractivity contribution is 4.49. The first-order chi connectivity index (χ1) is 11.6. The van der Waals surface area contributed by atoms with Gasteiger partial charge in [0.25, 0.3) is 0 Å². The monoisotopic (exact) mass is 342 g/mol. The summed E-state index contributed by atoms with van der Waals surface area (Å²) in [6.07, 6.45) is 22.2. The molecule has 0 unspecified atom stereocenters. The fourth-order valence-corrected chi connectivity index (χ4v) is 3.50. The standard InChI is InChI=1S/C22H48NO/c1-4-5-6-7-8-9-10-11-12-13-14-15-16-17-20-23(2,3)21-18-19-22-24/h24H,4-22H2,1-3H3/q+1. The third-order valence-electron chi connectivity index (χ3n) is 5.29. The number of aliphatic hydroxyl groups excluding tert-OH is 1. The quantitative estimate of drug-likeness (QED) is 0.215.